The Morgan fingerprint density at radius 2 is 1.80 bits per heavy atom. The lowest BCUT2D eigenvalue weighted by Gasteiger charge is -2.22. The monoisotopic (exact) mass is 414 g/mol. The van der Waals surface area contributed by atoms with Gasteiger partial charge in [-0.05, 0) is 48.1 Å². The summed E-state index contributed by atoms with van der Waals surface area (Å²) in [4.78, 5) is 18.1. The summed E-state index contributed by atoms with van der Waals surface area (Å²) in [6.07, 6.45) is 0.649. The highest BCUT2D eigenvalue weighted by atomic mass is 19.4. The first kappa shape index (κ1) is 20.5. The van der Waals surface area contributed by atoms with Gasteiger partial charge in [0.15, 0.2) is 0 Å². The van der Waals surface area contributed by atoms with Crippen LogP contribution >= 0.6 is 0 Å². The number of nitrogens with one attached hydrogen (secondary N) is 1. The average Bonchev–Trinajstić information content (AvgIpc) is 3.41. The van der Waals surface area contributed by atoms with Crippen molar-refractivity contribution in [3.05, 3.63) is 70.9 Å². The number of aromatic amines is 1. The minimum absolute atomic E-state index is 0.0541. The third kappa shape index (κ3) is 3.95. The molecule has 3 aromatic rings. The first-order valence-electron chi connectivity index (χ1n) is 10.4. The number of amides is 1. The number of halogens is 3. The largest absolute Gasteiger partial charge is 0.416 e. The van der Waals surface area contributed by atoms with Crippen molar-refractivity contribution in [2.45, 2.75) is 44.7 Å². The molecule has 1 unspecified atom stereocenters. The second-order valence-electron chi connectivity index (χ2n) is 7.90. The Balaban J connectivity index is 1.75. The van der Waals surface area contributed by atoms with E-state index in [-0.39, 0.29) is 18.2 Å². The van der Waals surface area contributed by atoms with E-state index in [0.29, 0.717) is 0 Å². The first-order chi connectivity index (χ1) is 14.4. The molecular weight excluding hydrogens is 389 g/mol. The van der Waals surface area contributed by atoms with Crippen molar-refractivity contribution < 1.29 is 18.0 Å². The standard InChI is InChI=1S/C24H25F3N2O/c1-2-16-6-5-7-19-21(15-28-23(16)19)20(14-22(30)29-12-3-4-13-29)17-8-10-18(11-9-17)24(25,26)27/h5-11,15,20,28H,2-4,12-14H2,1H3. The number of alkyl halides is 3. The Labute approximate surface area is 173 Å². The van der Waals surface area contributed by atoms with Gasteiger partial charge in [-0.2, -0.15) is 13.2 Å². The fourth-order valence-electron chi connectivity index (χ4n) is 4.40. The van der Waals surface area contributed by atoms with Gasteiger partial charge in [-0.1, -0.05) is 37.3 Å². The zero-order valence-corrected chi connectivity index (χ0v) is 16.9. The molecule has 1 atom stereocenters. The van der Waals surface area contributed by atoms with Crippen LogP contribution in [0.4, 0.5) is 13.2 Å². The second-order valence-corrected chi connectivity index (χ2v) is 7.90. The highest BCUT2D eigenvalue weighted by molar-refractivity contribution is 5.88. The third-order valence-electron chi connectivity index (χ3n) is 6.07. The van der Waals surface area contributed by atoms with E-state index in [9.17, 15) is 18.0 Å². The van der Waals surface area contributed by atoms with E-state index in [4.69, 9.17) is 0 Å². The highest BCUT2D eigenvalue weighted by Crippen LogP contribution is 2.37. The Hall–Kier alpha value is -2.76. The topological polar surface area (TPSA) is 36.1 Å². The summed E-state index contributed by atoms with van der Waals surface area (Å²) in [5.41, 5.74) is 3.20. The molecule has 0 spiro atoms. The van der Waals surface area contributed by atoms with Crippen LogP contribution in [0.3, 0.4) is 0 Å². The van der Waals surface area contributed by atoms with E-state index >= 15 is 0 Å². The van der Waals surface area contributed by atoms with Crippen molar-refractivity contribution >= 4 is 16.8 Å². The highest BCUT2D eigenvalue weighted by Gasteiger charge is 2.31. The summed E-state index contributed by atoms with van der Waals surface area (Å²) >= 11 is 0. The Morgan fingerprint density at radius 3 is 2.43 bits per heavy atom. The van der Waals surface area contributed by atoms with Crippen molar-refractivity contribution in [3.63, 3.8) is 0 Å². The van der Waals surface area contributed by atoms with Crippen molar-refractivity contribution in [1.29, 1.82) is 0 Å². The van der Waals surface area contributed by atoms with Crippen LogP contribution in [-0.4, -0.2) is 28.9 Å². The zero-order valence-electron chi connectivity index (χ0n) is 16.9. The molecule has 1 saturated heterocycles. The molecule has 4 rings (SSSR count). The predicted octanol–water partition coefficient (Wildman–Crippen LogP) is 5.89. The number of rotatable bonds is 5. The fourth-order valence-corrected chi connectivity index (χ4v) is 4.40. The van der Waals surface area contributed by atoms with E-state index in [1.165, 1.54) is 17.7 Å². The normalized spacial score (nSPS) is 15.7. The lowest BCUT2D eigenvalue weighted by molar-refractivity contribution is -0.137. The molecule has 1 aromatic heterocycles. The molecule has 1 aliphatic rings. The quantitative estimate of drug-likeness (QED) is 0.555. The third-order valence-corrected chi connectivity index (χ3v) is 6.07. The van der Waals surface area contributed by atoms with Crippen LogP contribution in [-0.2, 0) is 17.4 Å². The van der Waals surface area contributed by atoms with Crippen LogP contribution in [0.2, 0.25) is 0 Å². The molecule has 6 heteroatoms. The molecule has 1 amide bonds. The molecule has 0 saturated carbocycles. The molecular formula is C24H25F3N2O. The molecule has 0 aliphatic carbocycles. The average molecular weight is 414 g/mol. The van der Waals surface area contributed by atoms with Gasteiger partial charge in [0.25, 0.3) is 0 Å². The number of benzene rings is 2. The van der Waals surface area contributed by atoms with Crippen molar-refractivity contribution in [1.82, 2.24) is 9.88 Å². The van der Waals surface area contributed by atoms with Gasteiger partial charge < -0.3 is 9.88 Å². The van der Waals surface area contributed by atoms with Crippen LogP contribution in [0, 0.1) is 0 Å². The van der Waals surface area contributed by atoms with Gasteiger partial charge in [-0.25, -0.2) is 0 Å². The van der Waals surface area contributed by atoms with Gasteiger partial charge >= 0.3 is 6.18 Å². The number of para-hydroxylation sites is 1. The summed E-state index contributed by atoms with van der Waals surface area (Å²) in [5.74, 6) is -0.250. The first-order valence-corrected chi connectivity index (χ1v) is 10.4. The van der Waals surface area contributed by atoms with E-state index in [1.807, 2.05) is 23.2 Å². The van der Waals surface area contributed by atoms with Gasteiger partial charge in [0.2, 0.25) is 5.91 Å². The number of hydrogen-bond donors (Lipinski definition) is 1. The van der Waals surface area contributed by atoms with E-state index in [1.54, 1.807) is 0 Å². The second kappa shape index (κ2) is 8.17. The Bertz CT molecular complexity index is 1030. The van der Waals surface area contributed by atoms with E-state index < -0.39 is 11.7 Å². The molecule has 1 aliphatic heterocycles. The SMILES string of the molecule is CCc1cccc2c(C(CC(=O)N3CCCC3)c3ccc(C(F)(F)F)cc3)c[nH]c12. The van der Waals surface area contributed by atoms with Gasteiger partial charge in [-0.3, -0.25) is 4.79 Å². The van der Waals surface area contributed by atoms with Gasteiger partial charge in [0.05, 0.1) is 5.56 Å². The molecule has 2 heterocycles. The lowest BCUT2D eigenvalue weighted by atomic mass is 9.87. The van der Waals surface area contributed by atoms with Gasteiger partial charge in [0.1, 0.15) is 0 Å². The Morgan fingerprint density at radius 1 is 1.10 bits per heavy atom. The minimum atomic E-state index is -4.38. The maximum Gasteiger partial charge on any atom is 0.416 e. The Kier molecular flexibility index (Phi) is 5.58. The molecule has 0 radical (unpaired) electrons. The predicted molar refractivity (Wildman–Crippen MR) is 111 cm³/mol. The van der Waals surface area contributed by atoms with Crippen LogP contribution in [0.15, 0.2) is 48.7 Å². The summed E-state index contributed by atoms with van der Waals surface area (Å²) in [6, 6.07) is 11.3. The van der Waals surface area contributed by atoms with E-state index in [0.717, 1.165) is 66.5 Å². The van der Waals surface area contributed by atoms with Crippen molar-refractivity contribution in [2.24, 2.45) is 0 Å². The van der Waals surface area contributed by atoms with Crippen LogP contribution in [0.5, 0.6) is 0 Å². The van der Waals surface area contributed by atoms with Gasteiger partial charge in [0, 0.05) is 42.5 Å². The minimum Gasteiger partial charge on any atom is -0.361 e. The molecule has 158 valence electrons. The zero-order chi connectivity index (χ0) is 21.3. The molecule has 1 N–H and O–H groups in total. The number of H-pyrrole nitrogens is 1. The number of aromatic nitrogens is 1. The maximum atomic E-state index is 13.0. The number of hydrogen-bond acceptors (Lipinski definition) is 1. The molecule has 1 fully saturated rings. The van der Waals surface area contributed by atoms with Crippen molar-refractivity contribution in [3.8, 4) is 0 Å². The number of carbonyl (C=O) groups is 1. The van der Waals surface area contributed by atoms with E-state index in [2.05, 4.69) is 18.0 Å². The molecule has 30 heavy (non-hydrogen) atoms. The lowest BCUT2D eigenvalue weighted by Crippen LogP contribution is -2.29. The van der Waals surface area contributed by atoms with Crippen LogP contribution in [0.25, 0.3) is 10.9 Å². The number of nitrogens with zero attached hydrogens (tertiary/aromatic N) is 1. The van der Waals surface area contributed by atoms with Gasteiger partial charge in [-0.15, -0.1) is 0 Å². The number of likely N-dealkylation sites (tertiary alicyclic amines) is 1. The van der Waals surface area contributed by atoms with Crippen molar-refractivity contribution in [2.75, 3.05) is 13.1 Å². The summed E-state index contributed by atoms with van der Waals surface area (Å²) in [5, 5.41) is 1.02. The summed E-state index contributed by atoms with van der Waals surface area (Å²) < 4.78 is 39.1. The number of aryl methyl sites for hydroxylation is 1. The van der Waals surface area contributed by atoms with Crippen LogP contribution in [0.1, 0.15) is 54.4 Å². The maximum absolute atomic E-state index is 13.0. The number of carbonyl (C=O) groups excluding carboxylic acids is 1. The summed E-state index contributed by atoms with van der Waals surface area (Å²) in [6.45, 7) is 3.60. The molecule has 3 nitrogen and oxygen atoms in total. The molecule has 2 aromatic carbocycles. The molecule has 0 bridgehead atoms. The number of fused-ring (bicyclic) bond motifs is 1. The fraction of sp³-hybridized carbons (Fsp3) is 0.375. The smallest absolute Gasteiger partial charge is 0.361 e. The van der Waals surface area contributed by atoms with Crippen LogP contribution < -0.4 is 0 Å². The summed E-state index contributed by atoms with van der Waals surface area (Å²) in [7, 11) is 0.